The molecule has 0 saturated carbocycles. The topological polar surface area (TPSA) is 70.6 Å². The highest BCUT2D eigenvalue weighted by Gasteiger charge is 2.10. The molecule has 0 aliphatic heterocycles. The first-order valence-electron chi connectivity index (χ1n) is 6.73. The van der Waals surface area contributed by atoms with E-state index in [0.717, 1.165) is 5.56 Å². The van der Waals surface area contributed by atoms with Crippen molar-refractivity contribution >= 4 is 23.3 Å². The zero-order chi connectivity index (χ0) is 16.1. The summed E-state index contributed by atoms with van der Waals surface area (Å²) in [5, 5.41) is 15.5. The highest BCUT2D eigenvalue weighted by molar-refractivity contribution is 6.30. The first-order chi connectivity index (χ1) is 10.4. The summed E-state index contributed by atoms with van der Waals surface area (Å²) < 4.78 is 5.54. The van der Waals surface area contributed by atoms with E-state index in [1.807, 2.05) is 6.92 Å². The van der Waals surface area contributed by atoms with Crippen molar-refractivity contribution in [3.05, 3.63) is 53.1 Å². The van der Waals surface area contributed by atoms with Gasteiger partial charge in [0.2, 0.25) is 0 Å². The summed E-state index contributed by atoms with van der Waals surface area (Å²) in [6.45, 7) is 3.57. The SMILES string of the molecule is Cc1ccc(O)c(NC(=O)NC(C)Oc2ccc(Cl)cc2)c1. The highest BCUT2D eigenvalue weighted by atomic mass is 35.5. The van der Waals surface area contributed by atoms with Crippen LogP contribution in [-0.4, -0.2) is 17.4 Å². The molecule has 6 heteroatoms. The number of ether oxygens (including phenoxy) is 1. The summed E-state index contributed by atoms with van der Waals surface area (Å²) in [4.78, 5) is 11.9. The van der Waals surface area contributed by atoms with E-state index in [1.165, 1.54) is 6.07 Å². The summed E-state index contributed by atoms with van der Waals surface area (Å²) in [6.07, 6.45) is -0.548. The van der Waals surface area contributed by atoms with Crippen LogP contribution in [0.4, 0.5) is 10.5 Å². The average molecular weight is 321 g/mol. The van der Waals surface area contributed by atoms with Gasteiger partial charge >= 0.3 is 6.03 Å². The Morgan fingerprint density at radius 3 is 2.59 bits per heavy atom. The largest absolute Gasteiger partial charge is 0.506 e. The minimum Gasteiger partial charge on any atom is -0.506 e. The number of carbonyl (C=O) groups excluding carboxylic acids is 1. The Morgan fingerprint density at radius 1 is 1.23 bits per heavy atom. The molecule has 0 heterocycles. The van der Waals surface area contributed by atoms with Gasteiger partial charge in [-0.3, -0.25) is 0 Å². The van der Waals surface area contributed by atoms with Gasteiger partial charge in [-0.25, -0.2) is 4.79 Å². The Morgan fingerprint density at radius 2 is 1.91 bits per heavy atom. The lowest BCUT2D eigenvalue weighted by Crippen LogP contribution is -2.39. The zero-order valence-corrected chi connectivity index (χ0v) is 13.0. The van der Waals surface area contributed by atoms with Crippen LogP contribution >= 0.6 is 11.6 Å². The van der Waals surface area contributed by atoms with E-state index < -0.39 is 12.3 Å². The number of phenolic OH excluding ortho intramolecular Hbond substituents is 1. The normalized spacial score (nSPS) is 11.6. The number of amides is 2. The van der Waals surface area contributed by atoms with Gasteiger partial charge in [-0.1, -0.05) is 17.7 Å². The monoisotopic (exact) mass is 320 g/mol. The van der Waals surface area contributed by atoms with Gasteiger partial charge in [0.1, 0.15) is 11.5 Å². The zero-order valence-electron chi connectivity index (χ0n) is 12.3. The molecular formula is C16H17ClN2O3. The Labute approximate surface area is 133 Å². The smallest absolute Gasteiger partial charge is 0.322 e. The molecule has 0 spiro atoms. The number of hydrogen-bond donors (Lipinski definition) is 3. The molecule has 5 nitrogen and oxygen atoms in total. The van der Waals surface area contributed by atoms with Gasteiger partial charge < -0.3 is 20.5 Å². The van der Waals surface area contributed by atoms with E-state index in [1.54, 1.807) is 43.3 Å². The quantitative estimate of drug-likeness (QED) is 0.591. The molecule has 3 N–H and O–H groups in total. The lowest BCUT2D eigenvalue weighted by molar-refractivity contribution is 0.183. The Bertz CT molecular complexity index is 659. The second kappa shape index (κ2) is 7.04. The van der Waals surface area contributed by atoms with Crippen molar-refractivity contribution in [2.24, 2.45) is 0 Å². The molecule has 1 unspecified atom stereocenters. The van der Waals surface area contributed by atoms with Crippen LogP contribution in [0, 0.1) is 6.92 Å². The molecule has 2 amide bonds. The second-order valence-corrected chi connectivity index (χ2v) is 5.27. The number of anilines is 1. The number of nitrogens with one attached hydrogen (secondary N) is 2. The maximum Gasteiger partial charge on any atom is 0.322 e. The maximum absolute atomic E-state index is 11.9. The fourth-order valence-corrected chi connectivity index (χ4v) is 1.97. The average Bonchev–Trinajstić information content (AvgIpc) is 2.45. The minimum atomic E-state index is -0.548. The van der Waals surface area contributed by atoms with Gasteiger partial charge in [0.15, 0.2) is 6.23 Å². The summed E-state index contributed by atoms with van der Waals surface area (Å²) >= 11 is 5.79. The van der Waals surface area contributed by atoms with Crippen LogP contribution in [0.2, 0.25) is 5.02 Å². The molecule has 0 aliphatic carbocycles. The van der Waals surface area contributed by atoms with Crippen molar-refractivity contribution in [1.82, 2.24) is 5.32 Å². The van der Waals surface area contributed by atoms with Gasteiger partial charge in [-0.15, -0.1) is 0 Å². The molecule has 2 rings (SSSR count). The molecule has 0 radical (unpaired) electrons. The Kier molecular flexibility index (Phi) is 5.12. The van der Waals surface area contributed by atoms with E-state index in [-0.39, 0.29) is 5.75 Å². The number of phenols is 1. The van der Waals surface area contributed by atoms with Crippen molar-refractivity contribution in [1.29, 1.82) is 0 Å². The molecule has 1 atom stereocenters. The van der Waals surface area contributed by atoms with Crippen LogP contribution in [-0.2, 0) is 0 Å². The van der Waals surface area contributed by atoms with E-state index in [4.69, 9.17) is 16.3 Å². The van der Waals surface area contributed by atoms with Crippen LogP contribution in [0.1, 0.15) is 12.5 Å². The number of halogens is 1. The van der Waals surface area contributed by atoms with Crippen molar-refractivity contribution in [2.45, 2.75) is 20.1 Å². The fourth-order valence-electron chi connectivity index (χ4n) is 1.84. The maximum atomic E-state index is 11.9. The Hall–Kier alpha value is -2.40. The Balaban J connectivity index is 1.91. The molecule has 2 aromatic rings. The number of rotatable bonds is 4. The van der Waals surface area contributed by atoms with Gasteiger partial charge in [0.05, 0.1) is 5.69 Å². The van der Waals surface area contributed by atoms with Crippen LogP contribution in [0.25, 0.3) is 0 Å². The number of hydrogen-bond acceptors (Lipinski definition) is 3. The summed E-state index contributed by atoms with van der Waals surface area (Å²) in [7, 11) is 0. The first kappa shape index (κ1) is 16.0. The predicted molar refractivity (Wildman–Crippen MR) is 86.5 cm³/mol. The molecule has 0 fully saturated rings. The number of aryl methyl sites for hydroxylation is 1. The molecule has 0 saturated heterocycles. The van der Waals surface area contributed by atoms with E-state index in [9.17, 15) is 9.90 Å². The number of urea groups is 1. The third kappa shape index (κ3) is 4.56. The molecule has 2 aromatic carbocycles. The van der Waals surface area contributed by atoms with Gasteiger partial charge in [0, 0.05) is 5.02 Å². The summed E-state index contributed by atoms with van der Waals surface area (Å²) in [5.41, 5.74) is 1.27. The van der Waals surface area contributed by atoms with E-state index in [0.29, 0.717) is 16.5 Å². The fraction of sp³-hybridized carbons (Fsp3) is 0.188. The molecular weight excluding hydrogens is 304 g/mol. The van der Waals surface area contributed by atoms with Gasteiger partial charge in [-0.05, 0) is 55.8 Å². The molecule has 22 heavy (non-hydrogen) atoms. The summed E-state index contributed by atoms with van der Waals surface area (Å²) in [6, 6.07) is 11.3. The van der Waals surface area contributed by atoms with Crippen molar-refractivity contribution < 1.29 is 14.6 Å². The van der Waals surface area contributed by atoms with E-state index >= 15 is 0 Å². The van der Waals surface area contributed by atoms with Crippen LogP contribution in [0.5, 0.6) is 11.5 Å². The van der Waals surface area contributed by atoms with Crippen LogP contribution in [0.15, 0.2) is 42.5 Å². The molecule has 0 aliphatic rings. The second-order valence-electron chi connectivity index (χ2n) is 4.83. The van der Waals surface area contributed by atoms with Crippen molar-refractivity contribution in [3.8, 4) is 11.5 Å². The van der Waals surface area contributed by atoms with Crippen LogP contribution in [0.3, 0.4) is 0 Å². The van der Waals surface area contributed by atoms with Crippen LogP contribution < -0.4 is 15.4 Å². The standard InChI is InChI=1S/C16H17ClN2O3/c1-10-3-8-15(20)14(9-10)19-16(21)18-11(2)22-13-6-4-12(17)5-7-13/h3-9,11,20H,1-2H3,(H2,18,19,21). The molecule has 0 bridgehead atoms. The third-order valence-electron chi connectivity index (χ3n) is 2.86. The van der Waals surface area contributed by atoms with Gasteiger partial charge in [-0.2, -0.15) is 0 Å². The number of benzene rings is 2. The molecule has 116 valence electrons. The first-order valence-corrected chi connectivity index (χ1v) is 7.11. The van der Waals surface area contributed by atoms with Crippen molar-refractivity contribution in [3.63, 3.8) is 0 Å². The minimum absolute atomic E-state index is 0.00650. The lowest BCUT2D eigenvalue weighted by Gasteiger charge is -2.17. The van der Waals surface area contributed by atoms with Crippen molar-refractivity contribution in [2.75, 3.05) is 5.32 Å². The highest BCUT2D eigenvalue weighted by Crippen LogP contribution is 2.23. The van der Waals surface area contributed by atoms with E-state index in [2.05, 4.69) is 10.6 Å². The third-order valence-corrected chi connectivity index (χ3v) is 3.11. The molecule has 0 aromatic heterocycles. The predicted octanol–water partition coefficient (Wildman–Crippen LogP) is 3.90. The summed E-state index contributed by atoms with van der Waals surface area (Å²) in [5.74, 6) is 0.600. The lowest BCUT2D eigenvalue weighted by atomic mass is 10.2. The number of aromatic hydroxyl groups is 1. The van der Waals surface area contributed by atoms with Gasteiger partial charge in [0.25, 0.3) is 0 Å². The number of carbonyl (C=O) groups is 1.